The molecule has 10 heavy (non-hydrogen) atoms. The minimum atomic E-state index is 1.17. The fraction of sp³-hybridized carbons (Fsp3) is 0.250. The normalized spacial score (nSPS) is 12.1. The molecule has 0 saturated carbocycles. The van der Waals surface area contributed by atoms with Crippen molar-refractivity contribution in [2.24, 2.45) is 0 Å². The Hall–Kier alpha value is -0.0800. The van der Waals surface area contributed by atoms with Crippen molar-refractivity contribution in [3.8, 4) is 0 Å². The average molecular weight is 217 g/mol. The number of allylic oxidation sites excluding steroid dienone is 2. The highest BCUT2D eigenvalue weighted by Crippen LogP contribution is 2.25. The zero-order chi connectivity index (χ0) is 7.56. The summed E-state index contributed by atoms with van der Waals surface area (Å²) in [6, 6.07) is 2.14. The van der Waals surface area contributed by atoms with E-state index in [1.165, 1.54) is 14.9 Å². The predicted octanol–water partition coefficient (Wildman–Crippen LogP) is 3.93. The topological polar surface area (TPSA) is 0 Å². The van der Waals surface area contributed by atoms with Crippen LogP contribution in [0.25, 0.3) is 5.57 Å². The summed E-state index contributed by atoms with van der Waals surface area (Å²) < 4.78 is 1.17. The Balaban J connectivity index is 2.95. The molecule has 0 saturated heterocycles. The summed E-state index contributed by atoms with van der Waals surface area (Å²) in [6.07, 6.45) is 2.12. The van der Waals surface area contributed by atoms with Gasteiger partial charge in [0.1, 0.15) is 0 Å². The van der Waals surface area contributed by atoms with Crippen LogP contribution in [-0.2, 0) is 0 Å². The smallest absolute Gasteiger partial charge is 0.0307 e. The lowest BCUT2D eigenvalue weighted by molar-refractivity contribution is 1.63. The highest BCUT2D eigenvalue weighted by atomic mass is 79.9. The lowest BCUT2D eigenvalue weighted by atomic mass is 10.2. The van der Waals surface area contributed by atoms with Crippen molar-refractivity contribution in [1.29, 1.82) is 0 Å². The summed E-state index contributed by atoms with van der Waals surface area (Å²) in [7, 11) is 0. The van der Waals surface area contributed by atoms with Crippen LogP contribution in [0.2, 0.25) is 0 Å². The number of rotatable bonds is 1. The van der Waals surface area contributed by atoms with Gasteiger partial charge < -0.3 is 0 Å². The van der Waals surface area contributed by atoms with Gasteiger partial charge in [-0.1, -0.05) is 6.08 Å². The van der Waals surface area contributed by atoms with Crippen molar-refractivity contribution in [3.63, 3.8) is 0 Å². The molecule has 0 bridgehead atoms. The molecule has 1 aromatic rings. The number of hydrogen-bond donors (Lipinski definition) is 0. The molecule has 0 radical (unpaired) electrons. The van der Waals surface area contributed by atoms with Crippen molar-refractivity contribution in [3.05, 3.63) is 26.9 Å². The highest BCUT2D eigenvalue weighted by Gasteiger charge is 1.96. The van der Waals surface area contributed by atoms with Crippen LogP contribution >= 0.6 is 27.3 Å². The maximum atomic E-state index is 3.41. The molecule has 0 spiro atoms. The van der Waals surface area contributed by atoms with Crippen LogP contribution in [0, 0.1) is 0 Å². The Labute approximate surface area is 73.7 Å². The second-order valence-electron chi connectivity index (χ2n) is 2.10. The summed E-state index contributed by atoms with van der Waals surface area (Å²) in [5.74, 6) is 0. The van der Waals surface area contributed by atoms with Crippen molar-refractivity contribution in [2.75, 3.05) is 0 Å². The summed E-state index contributed by atoms with van der Waals surface area (Å²) in [5, 5.41) is 2.10. The van der Waals surface area contributed by atoms with Crippen LogP contribution in [0.4, 0.5) is 0 Å². The number of thiophene rings is 1. The molecule has 1 rings (SSSR count). The van der Waals surface area contributed by atoms with Gasteiger partial charge in [0.25, 0.3) is 0 Å². The molecule has 0 aliphatic rings. The minimum absolute atomic E-state index is 1.17. The molecule has 1 heterocycles. The van der Waals surface area contributed by atoms with Crippen LogP contribution in [0.5, 0.6) is 0 Å². The first-order valence-corrected chi connectivity index (χ1v) is 4.78. The molecule has 0 aliphatic heterocycles. The molecular weight excluding hydrogens is 208 g/mol. The molecule has 0 fully saturated rings. The lowest BCUT2D eigenvalue weighted by Gasteiger charge is -1.90. The quantitative estimate of drug-likeness (QED) is 0.668. The van der Waals surface area contributed by atoms with Gasteiger partial charge in [-0.25, -0.2) is 0 Å². The Morgan fingerprint density at radius 1 is 1.70 bits per heavy atom. The maximum absolute atomic E-state index is 3.41. The second-order valence-corrected chi connectivity index (χ2v) is 3.93. The molecule has 0 amide bonds. The molecule has 1 aromatic heterocycles. The van der Waals surface area contributed by atoms with Crippen molar-refractivity contribution >= 4 is 32.8 Å². The first kappa shape index (κ1) is 8.02. The van der Waals surface area contributed by atoms with Crippen LogP contribution in [0.3, 0.4) is 0 Å². The van der Waals surface area contributed by atoms with E-state index in [9.17, 15) is 0 Å². The molecule has 54 valence electrons. The number of hydrogen-bond acceptors (Lipinski definition) is 1. The fourth-order valence-corrected chi connectivity index (χ4v) is 2.13. The third-order valence-corrected chi connectivity index (χ3v) is 3.22. The van der Waals surface area contributed by atoms with Gasteiger partial charge in [0.05, 0.1) is 0 Å². The van der Waals surface area contributed by atoms with E-state index in [-0.39, 0.29) is 0 Å². The van der Waals surface area contributed by atoms with Crippen molar-refractivity contribution in [1.82, 2.24) is 0 Å². The third-order valence-electron chi connectivity index (χ3n) is 1.39. The van der Waals surface area contributed by atoms with Gasteiger partial charge in [0.2, 0.25) is 0 Å². The van der Waals surface area contributed by atoms with Crippen LogP contribution < -0.4 is 0 Å². The fourth-order valence-electron chi connectivity index (χ4n) is 0.662. The van der Waals surface area contributed by atoms with E-state index in [1.54, 1.807) is 11.3 Å². The van der Waals surface area contributed by atoms with Gasteiger partial charge in [-0.2, -0.15) is 0 Å². The summed E-state index contributed by atoms with van der Waals surface area (Å²) >= 11 is 5.18. The second kappa shape index (κ2) is 3.35. The van der Waals surface area contributed by atoms with E-state index in [0.717, 1.165) is 0 Å². The maximum Gasteiger partial charge on any atom is 0.0307 e. The Morgan fingerprint density at radius 2 is 2.40 bits per heavy atom. The Bertz CT molecular complexity index is 248. The zero-order valence-corrected chi connectivity index (χ0v) is 8.42. The van der Waals surface area contributed by atoms with Gasteiger partial charge in [-0.3, -0.25) is 0 Å². The monoisotopic (exact) mass is 216 g/mol. The number of halogens is 1. The largest absolute Gasteiger partial charge is 0.143 e. The molecule has 0 aromatic carbocycles. The summed E-state index contributed by atoms with van der Waals surface area (Å²) in [5.41, 5.74) is 1.34. The first-order chi connectivity index (χ1) is 4.74. The molecule has 0 nitrogen and oxygen atoms in total. The molecule has 0 aliphatic carbocycles. The van der Waals surface area contributed by atoms with E-state index in [0.29, 0.717) is 0 Å². The van der Waals surface area contributed by atoms with E-state index >= 15 is 0 Å². The predicted molar refractivity (Wildman–Crippen MR) is 51.3 cm³/mol. The average Bonchev–Trinajstić information content (AvgIpc) is 2.34. The van der Waals surface area contributed by atoms with Gasteiger partial charge in [-0.15, -0.1) is 11.3 Å². The zero-order valence-electron chi connectivity index (χ0n) is 6.02. The van der Waals surface area contributed by atoms with Crippen molar-refractivity contribution < 1.29 is 0 Å². The van der Waals surface area contributed by atoms with Gasteiger partial charge in [-0.05, 0) is 41.4 Å². The van der Waals surface area contributed by atoms with E-state index in [1.807, 2.05) is 0 Å². The summed E-state index contributed by atoms with van der Waals surface area (Å²) in [6.45, 7) is 4.18. The molecule has 0 atom stereocenters. The van der Waals surface area contributed by atoms with Crippen LogP contribution in [-0.4, -0.2) is 0 Å². The Morgan fingerprint density at radius 3 is 2.80 bits per heavy atom. The third kappa shape index (κ3) is 1.70. The van der Waals surface area contributed by atoms with Crippen LogP contribution in [0.1, 0.15) is 18.7 Å². The summed E-state index contributed by atoms with van der Waals surface area (Å²) in [4.78, 5) is 1.34. The first-order valence-electron chi connectivity index (χ1n) is 3.11. The molecular formula is C8H9BrS. The van der Waals surface area contributed by atoms with Gasteiger partial charge >= 0.3 is 0 Å². The standard InChI is InChI=1S/C8H9BrS/c1-3-6(2)8-4-7(9)5-10-8/h3-5H,1-2H3. The van der Waals surface area contributed by atoms with Gasteiger partial charge in [0, 0.05) is 14.7 Å². The van der Waals surface area contributed by atoms with E-state index < -0.39 is 0 Å². The molecule has 2 heteroatoms. The van der Waals surface area contributed by atoms with E-state index in [2.05, 4.69) is 47.3 Å². The van der Waals surface area contributed by atoms with Crippen molar-refractivity contribution in [2.45, 2.75) is 13.8 Å². The van der Waals surface area contributed by atoms with Crippen LogP contribution in [0.15, 0.2) is 22.0 Å². The SMILES string of the molecule is CC=C(C)c1cc(Br)cs1. The highest BCUT2D eigenvalue weighted by molar-refractivity contribution is 9.10. The van der Waals surface area contributed by atoms with Gasteiger partial charge in [0.15, 0.2) is 0 Å². The minimum Gasteiger partial charge on any atom is -0.143 e. The Kier molecular flexibility index (Phi) is 2.69. The van der Waals surface area contributed by atoms with E-state index in [4.69, 9.17) is 0 Å². The molecule has 0 unspecified atom stereocenters. The lowest BCUT2D eigenvalue weighted by Crippen LogP contribution is -1.66. The molecule has 0 N–H and O–H groups in total.